The van der Waals surface area contributed by atoms with Crippen molar-refractivity contribution in [3.63, 3.8) is 0 Å². The van der Waals surface area contributed by atoms with Crippen LogP contribution in [0.1, 0.15) is 17.7 Å². The number of hydrogen-bond donors (Lipinski definition) is 3. The summed E-state index contributed by atoms with van der Waals surface area (Å²) in [6, 6.07) is 11.6. The van der Waals surface area contributed by atoms with Gasteiger partial charge in [-0.3, -0.25) is 4.98 Å². The van der Waals surface area contributed by atoms with Crippen molar-refractivity contribution in [1.29, 1.82) is 0 Å². The van der Waals surface area contributed by atoms with Crippen LogP contribution < -0.4 is 14.8 Å². The molecule has 1 aliphatic carbocycles. The quantitative estimate of drug-likeness (QED) is 0.518. The van der Waals surface area contributed by atoms with Crippen LogP contribution in [-0.4, -0.2) is 50.7 Å². The molecule has 2 aliphatic rings. The summed E-state index contributed by atoms with van der Waals surface area (Å²) < 4.78 is 10.8. The molecule has 3 aromatic rings. The zero-order chi connectivity index (χ0) is 21.9. The van der Waals surface area contributed by atoms with Crippen molar-refractivity contribution in [3.05, 3.63) is 66.2 Å². The van der Waals surface area contributed by atoms with Crippen LogP contribution >= 0.6 is 0 Å². The monoisotopic (exact) mass is 434 g/mol. The van der Waals surface area contributed by atoms with E-state index >= 15 is 0 Å². The zero-order valence-electron chi connectivity index (χ0n) is 17.6. The van der Waals surface area contributed by atoms with Gasteiger partial charge in [-0.05, 0) is 54.7 Å². The second kappa shape index (κ2) is 9.20. The van der Waals surface area contributed by atoms with E-state index in [-0.39, 0.29) is 31.3 Å². The van der Waals surface area contributed by atoms with Gasteiger partial charge in [-0.1, -0.05) is 6.07 Å². The van der Waals surface area contributed by atoms with Crippen LogP contribution in [0.25, 0.3) is 11.4 Å². The van der Waals surface area contributed by atoms with Crippen molar-refractivity contribution in [2.45, 2.75) is 31.5 Å². The van der Waals surface area contributed by atoms with Crippen molar-refractivity contribution in [1.82, 2.24) is 20.3 Å². The molecule has 3 N–H and O–H groups in total. The van der Waals surface area contributed by atoms with Crippen LogP contribution in [0.2, 0.25) is 0 Å². The van der Waals surface area contributed by atoms with Crippen LogP contribution in [0, 0.1) is 11.8 Å². The number of nitrogens with one attached hydrogen (secondary N) is 1. The van der Waals surface area contributed by atoms with Crippen LogP contribution in [-0.2, 0) is 13.0 Å². The zero-order valence-corrected chi connectivity index (χ0v) is 17.6. The number of ether oxygens (including phenoxy) is 2. The third-order valence-corrected chi connectivity index (χ3v) is 6.35. The Balaban J connectivity index is 1.31. The van der Waals surface area contributed by atoms with Crippen LogP contribution in [0.4, 0.5) is 0 Å². The molecule has 8 heteroatoms. The molecule has 1 aliphatic heterocycles. The molecule has 0 amide bonds. The number of nitrogens with zero attached hydrogens (tertiary/aromatic N) is 3. The van der Waals surface area contributed by atoms with Crippen molar-refractivity contribution in [2.75, 3.05) is 13.4 Å². The fraction of sp³-hybridized carbons (Fsp3) is 0.375. The standard InChI is InChI=1S/C24H26N4O4/c29-13-19-18(9-17-5-7-26-24(28-17)16-2-1-6-25-12-16)20(10-21(19)30)27-11-15-3-4-22-23(8-15)32-14-31-22/h1-8,12,18-21,27,29-30H,9-11,13-14H2. The molecule has 3 heterocycles. The summed E-state index contributed by atoms with van der Waals surface area (Å²) in [5.41, 5.74) is 2.82. The maximum Gasteiger partial charge on any atom is 0.231 e. The fourth-order valence-electron chi connectivity index (χ4n) is 4.66. The van der Waals surface area contributed by atoms with Gasteiger partial charge in [0, 0.05) is 55.0 Å². The summed E-state index contributed by atoms with van der Waals surface area (Å²) in [6.07, 6.45) is 5.87. The highest BCUT2D eigenvalue weighted by Gasteiger charge is 2.42. The predicted octanol–water partition coefficient (Wildman–Crippen LogP) is 1.96. The van der Waals surface area contributed by atoms with E-state index in [1.807, 2.05) is 36.4 Å². The lowest BCUT2D eigenvalue weighted by molar-refractivity contribution is 0.0716. The van der Waals surface area contributed by atoms with Gasteiger partial charge in [0.2, 0.25) is 6.79 Å². The highest BCUT2D eigenvalue weighted by molar-refractivity contribution is 5.52. The van der Waals surface area contributed by atoms with E-state index in [0.717, 1.165) is 28.3 Å². The maximum absolute atomic E-state index is 10.6. The highest BCUT2D eigenvalue weighted by atomic mass is 16.7. The summed E-state index contributed by atoms with van der Waals surface area (Å²) in [4.78, 5) is 13.2. The molecule has 1 fully saturated rings. The van der Waals surface area contributed by atoms with Gasteiger partial charge in [-0.25, -0.2) is 9.97 Å². The van der Waals surface area contributed by atoms with E-state index in [4.69, 9.17) is 14.5 Å². The van der Waals surface area contributed by atoms with E-state index in [1.165, 1.54) is 0 Å². The minimum atomic E-state index is -0.557. The molecule has 32 heavy (non-hydrogen) atoms. The van der Waals surface area contributed by atoms with Crippen molar-refractivity contribution in [3.8, 4) is 22.9 Å². The van der Waals surface area contributed by atoms with Crippen LogP contribution in [0.5, 0.6) is 11.5 Å². The number of aliphatic hydroxyl groups is 2. The average molecular weight is 434 g/mol. The molecule has 5 rings (SSSR count). The minimum absolute atomic E-state index is 0.0423. The van der Waals surface area contributed by atoms with Crippen molar-refractivity contribution < 1.29 is 19.7 Å². The summed E-state index contributed by atoms with van der Waals surface area (Å²) >= 11 is 0. The van der Waals surface area contributed by atoms with Gasteiger partial charge in [-0.2, -0.15) is 0 Å². The molecular weight excluding hydrogens is 408 g/mol. The fourth-order valence-corrected chi connectivity index (χ4v) is 4.66. The van der Waals surface area contributed by atoms with Gasteiger partial charge >= 0.3 is 0 Å². The van der Waals surface area contributed by atoms with Crippen molar-refractivity contribution >= 4 is 0 Å². The summed E-state index contributed by atoms with van der Waals surface area (Å²) in [5.74, 6) is 1.97. The Labute approximate surface area is 186 Å². The third kappa shape index (κ3) is 4.29. The molecule has 0 spiro atoms. The van der Waals surface area contributed by atoms with Gasteiger partial charge in [0.25, 0.3) is 0 Å². The predicted molar refractivity (Wildman–Crippen MR) is 117 cm³/mol. The molecule has 0 bridgehead atoms. The Morgan fingerprint density at radius 3 is 2.81 bits per heavy atom. The molecule has 4 atom stereocenters. The Hall–Kier alpha value is -3.07. The Morgan fingerprint density at radius 2 is 1.97 bits per heavy atom. The van der Waals surface area contributed by atoms with E-state index in [1.54, 1.807) is 18.6 Å². The van der Waals surface area contributed by atoms with Gasteiger partial charge in [0.05, 0.1) is 6.10 Å². The Morgan fingerprint density at radius 1 is 1.06 bits per heavy atom. The summed E-state index contributed by atoms with van der Waals surface area (Å²) in [5, 5.41) is 24.1. The smallest absolute Gasteiger partial charge is 0.231 e. The van der Waals surface area contributed by atoms with Gasteiger partial charge in [-0.15, -0.1) is 0 Å². The number of aliphatic hydroxyl groups excluding tert-OH is 2. The second-order valence-electron chi connectivity index (χ2n) is 8.31. The summed E-state index contributed by atoms with van der Waals surface area (Å²) in [7, 11) is 0. The lowest BCUT2D eigenvalue weighted by atomic mass is 9.88. The van der Waals surface area contributed by atoms with E-state index in [9.17, 15) is 10.2 Å². The van der Waals surface area contributed by atoms with Gasteiger partial charge in [0.1, 0.15) is 0 Å². The number of benzene rings is 1. The SMILES string of the molecule is OCC1C(O)CC(NCc2ccc3c(c2)OCO3)C1Cc1ccnc(-c2cccnc2)n1. The lowest BCUT2D eigenvalue weighted by Gasteiger charge is -2.25. The molecule has 1 saturated carbocycles. The van der Waals surface area contributed by atoms with Crippen molar-refractivity contribution in [2.24, 2.45) is 11.8 Å². The molecule has 0 saturated heterocycles. The minimum Gasteiger partial charge on any atom is -0.454 e. The van der Waals surface area contributed by atoms with E-state index in [2.05, 4.69) is 15.3 Å². The second-order valence-corrected chi connectivity index (χ2v) is 8.31. The molecule has 166 valence electrons. The molecular formula is C24H26N4O4. The summed E-state index contributed by atoms with van der Waals surface area (Å²) in [6.45, 7) is 0.823. The first kappa shape index (κ1) is 20.8. The first-order valence-electron chi connectivity index (χ1n) is 10.8. The Bertz CT molecular complexity index is 1060. The number of pyridine rings is 1. The van der Waals surface area contributed by atoms with Crippen LogP contribution in [0.3, 0.4) is 0 Å². The molecule has 8 nitrogen and oxygen atoms in total. The first-order chi connectivity index (χ1) is 15.7. The van der Waals surface area contributed by atoms with Gasteiger partial charge < -0.3 is 25.0 Å². The Kier molecular flexibility index (Phi) is 5.98. The molecule has 2 aromatic heterocycles. The average Bonchev–Trinajstić information content (AvgIpc) is 3.41. The largest absolute Gasteiger partial charge is 0.454 e. The number of fused-ring (bicyclic) bond motifs is 1. The molecule has 1 aromatic carbocycles. The normalized spacial score (nSPS) is 24.1. The number of rotatable bonds is 7. The third-order valence-electron chi connectivity index (χ3n) is 6.35. The van der Waals surface area contributed by atoms with Crippen LogP contribution in [0.15, 0.2) is 55.0 Å². The lowest BCUT2D eigenvalue weighted by Crippen LogP contribution is -2.36. The van der Waals surface area contributed by atoms with Gasteiger partial charge in [0.15, 0.2) is 17.3 Å². The van der Waals surface area contributed by atoms with E-state index < -0.39 is 6.10 Å². The maximum atomic E-state index is 10.6. The van der Waals surface area contributed by atoms with E-state index in [0.29, 0.717) is 25.2 Å². The molecule has 4 unspecified atom stereocenters. The molecule has 0 radical (unpaired) electrons. The topological polar surface area (TPSA) is 110 Å². The first-order valence-corrected chi connectivity index (χ1v) is 10.8. The highest BCUT2D eigenvalue weighted by Crippen LogP contribution is 2.36. The number of hydrogen-bond acceptors (Lipinski definition) is 8. The number of aromatic nitrogens is 3.